The number of rotatable bonds is 10. The van der Waals surface area contributed by atoms with Gasteiger partial charge in [-0.15, -0.1) is 0 Å². The van der Waals surface area contributed by atoms with Crippen molar-refractivity contribution in [3.8, 4) is 5.75 Å². The Morgan fingerprint density at radius 1 is 0.910 bits per heavy atom. The second-order valence-corrected chi connectivity index (χ2v) is 20.0. The number of hydrogen-bond acceptors (Lipinski definition) is 13. The standard InChI is InChI=1S/C53H79NO13/c1-11-39-26-32(2)25-33(3)27-44(63-8)48-45(64-9)29-35(5)53(61,67-48)49(57)50(58)54-24-13-12-16-41(54)51(59)66-47(36(6)42(55)31-43(39)56)34(4)28-38-21-23-52(60,46(30-38)65-10)22-14-15-37-17-19-40(62-7)20-18-37/h14-15,17-20,26,28,33,35-36,38-39,41-42,44-48,55,60-61H,11-13,16,21-25,27,29-31H2,1-10H3/b15-14?,32-26+,34-28?. The van der Waals surface area contributed by atoms with E-state index in [-0.39, 0.29) is 43.4 Å². The molecule has 0 aromatic heterocycles. The fourth-order valence-corrected chi connectivity index (χ4v) is 10.9. The van der Waals surface area contributed by atoms with Crippen LogP contribution in [-0.4, -0.2) is 133 Å². The number of methoxy groups -OCH3 is 4. The highest BCUT2D eigenvalue weighted by Crippen LogP contribution is 2.41. The van der Waals surface area contributed by atoms with E-state index in [1.54, 1.807) is 28.1 Å². The molecule has 3 N–H and O–H groups in total. The second kappa shape index (κ2) is 24.2. The van der Waals surface area contributed by atoms with Crippen LogP contribution in [0.1, 0.15) is 124 Å². The molecule has 14 heteroatoms. The number of aliphatic hydroxyl groups is 3. The lowest BCUT2D eigenvalue weighted by molar-refractivity contribution is -0.302. The van der Waals surface area contributed by atoms with Crippen LogP contribution in [0.3, 0.4) is 0 Å². The fourth-order valence-electron chi connectivity index (χ4n) is 10.9. The molecule has 1 aromatic carbocycles. The monoisotopic (exact) mass is 938 g/mol. The molecule has 67 heavy (non-hydrogen) atoms. The Bertz CT molecular complexity index is 1930. The van der Waals surface area contributed by atoms with Gasteiger partial charge in [0.25, 0.3) is 11.7 Å². The van der Waals surface area contributed by atoms with E-state index < -0.39 is 89.5 Å². The molecule has 2 bridgehead atoms. The molecular weight excluding hydrogens is 859 g/mol. The highest BCUT2D eigenvalue weighted by Gasteiger charge is 2.56. The Kier molecular flexibility index (Phi) is 19.6. The third kappa shape index (κ3) is 13.1. The first kappa shape index (κ1) is 54.2. The Labute approximate surface area is 398 Å². The van der Waals surface area contributed by atoms with Crippen LogP contribution in [0.4, 0.5) is 0 Å². The van der Waals surface area contributed by atoms with Gasteiger partial charge in [-0.3, -0.25) is 14.4 Å². The summed E-state index contributed by atoms with van der Waals surface area (Å²) in [7, 11) is 6.27. The molecule has 14 nitrogen and oxygen atoms in total. The predicted molar refractivity (Wildman–Crippen MR) is 254 cm³/mol. The number of fused-ring (bicyclic) bond motifs is 3. The van der Waals surface area contributed by atoms with Crippen molar-refractivity contribution in [1.82, 2.24) is 4.90 Å². The third-order valence-electron chi connectivity index (χ3n) is 15.0. The smallest absolute Gasteiger partial charge is 0.329 e. The zero-order valence-electron chi connectivity index (χ0n) is 41.6. The number of nitrogens with zero attached hydrogens (tertiary/aromatic N) is 1. The summed E-state index contributed by atoms with van der Waals surface area (Å²) in [5.74, 6) is -7.00. The van der Waals surface area contributed by atoms with Crippen LogP contribution in [0.5, 0.6) is 5.75 Å². The normalized spacial score (nSPS) is 37.8. The van der Waals surface area contributed by atoms with Gasteiger partial charge in [0.1, 0.15) is 29.8 Å². The van der Waals surface area contributed by atoms with E-state index in [2.05, 4.69) is 6.92 Å². The van der Waals surface area contributed by atoms with Crippen LogP contribution in [0.2, 0.25) is 0 Å². The van der Waals surface area contributed by atoms with E-state index in [0.29, 0.717) is 63.4 Å². The van der Waals surface area contributed by atoms with Crippen LogP contribution < -0.4 is 4.74 Å². The van der Waals surface area contributed by atoms with Gasteiger partial charge >= 0.3 is 5.97 Å². The van der Waals surface area contributed by atoms with Crippen molar-refractivity contribution in [2.24, 2.45) is 29.6 Å². The topological polar surface area (TPSA) is 188 Å². The van der Waals surface area contributed by atoms with Crippen LogP contribution in [-0.2, 0) is 42.9 Å². The Morgan fingerprint density at radius 3 is 2.24 bits per heavy atom. The molecule has 1 aromatic rings. The molecule has 4 aliphatic rings. The number of carbonyl (C=O) groups excluding carboxylic acids is 4. The number of amides is 1. The van der Waals surface area contributed by atoms with Gasteiger partial charge in [0.15, 0.2) is 0 Å². The van der Waals surface area contributed by atoms with Gasteiger partial charge in [-0.1, -0.05) is 69.7 Å². The summed E-state index contributed by atoms with van der Waals surface area (Å²) in [5.41, 5.74) is 1.48. The Balaban J connectivity index is 1.46. The van der Waals surface area contributed by atoms with Crippen molar-refractivity contribution in [3.63, 3.8) is 0 Å². The van der Waals surface area contributed by atoms with Gasteiger partial charge in [0.05, 0.1) is 37.1 Å². The number of benzene rings is 1. The summed E-state index contributed by atoms with van der Waals surface area (Å²) in [6, 6.07) is 6.49. The SMILES string of the molecule is CCC1/C=C(\C)CC(C)CC(OC)C2OC(O)(C(=O)C(=O)N3CCCCC3C(=O)OC(C(C)=CC3CCC(O)(CC=Cc4ccc(OC)cc4)C(OC)C3)C(C)C(O)CC1=O)C(C)CC2OC. The van der Waals surface area contributed by atoms with Gasteiger partial charge in [0, 0.05) is 52.0 Å². The minimum Gasteiger partial charge on any atom is -0.497 e. The van der Waals surface area contributed by atoms with E-state index in [1.165, 1.54) is 19.1 Å². The molecule has 14 atom stereocenters. The van der Waals surface area contributed by atoms with Gasteiger partial charge in [0.2, 0.25) is 5.79 Å². The number of ether oxygens (including phenoxy) is 6. The molecular formula is C53H79NO13. The maximum absolute atomic E-state index is 14.5. The number of esters is 1. The minimum atomic E-state index is -2.52. The molecule has 2 saturated heterocycles. The lowest BCUT2D eigenvalue weighted by Crippen LogP contribution is -2.64. The zero-order chi connectivity index (χ0) is 49.2. The maximum atomic E-state index is 14.5. The number of carbonyl (C=O) groups is 4. The number of hydrogen-bond donors (Lipinski definition) is 3. The lowest BCUT2D eigenvalue weighted by atomic mass is 9.74. The number of piperidine rings is 1. The van der Waals surface area contributed by atoms with Crippen LogP contribution in [0, 0.1) is 29.6 Å². The lowest BCUT2D eigenvalue weighted by Gasteiger charge is -2.47. The fraction of sp³-hybridized carbons (Fsp3) is 0.698. The summed E-state index contributed by atoms with van der Waals surface area (Å²) in [4.78, 5) is 58.5. The van der Waals surface area contributed by atoms with Crippen LogP contribution >= 0.6 is 0 Å². The van der Waals surface area contributed by atoms with E-state index in [0.717, 1.165) is 16.9 Å². The predicted octanol–water partition coefficient (Wildman–Crippen LogP) is 6.96. The molecule has 5 rings (SSSR count). The average molecular weight is 938 g/mol. The molecule has 14 unspecified atom stereocenters. The molecule has 3 heterocycles. The van der Waals surface area contributed by atoms with Crippen LogP contribution in [0.15, 0.2) is 53.6 Å². The van der Waals surface area contributed by atoms with Crippen molar-refractivity contribution < 1.29 is 62.9 Å². The van der Waals surface area contributed by atoms with Crippen molar-refractivity contribution in [1.29, 1.82) is 0 Å². The second-order valence-electron chi connectivity index (χ2n) is 20.0. The van der Waals surface area contributed by atoms with Crippen molar-refractivity contribution >= 4 is 29.5 Å². The number of cyclic esters (lactones) is 1. The highest BCUT2D eigenvalue weighted by atomic mass is 16.7. The minimum absolute atomic E-state index is 0.0197. The van der Waals surface area contributed by atoms with Gasteiger partial charge in [-0.25, -0.2) is 4.79 Å². The first-order valence-corrected chi connectivity index (χ1v) is 24.5. The molecule has 1 amide bonds. The van der Waals surface area contributed by atoms with Gasteiger partial charge in [-0.05, 0) is 120 Å². The highest BCUT2D eigenvalue weighted by molar-refractivity contribution is 6.39. The first-order valence-electron chi connectivity index (χ1n) is 24.5. The summed E-state index contributed by atoms with van der Waals surface area (Å²) in [6.07, 6.45) is 7.94. The van der Waals surface area contributed by atoms with E-state index in [1.807, 2.05) is 69.3 Å². The Morgan fingerprint density at radius 2 is 1.60 bits per heavy atom. The van der Waals surface area contributed by atoms with E-state index in [4.69, 9.17) is 28.4 Å². The number of Topliss-reactive ketones (excluding diaryl/α,β-unsaturated/α-hetero) is 2. The molecule has 3 fully saturated rings. The summed E-state index contributed by atoms with van der Waals surface area (Å²) in [6.45, 7) is 11.3. The van der Waals surface area contributed by atoms with Crippen LogP contribution in [0.25, 0.3) is 6.08 Å². The molecule has 0 radical (unpaired) electrons. The molecule has 374 valence electrons. The van der Waals surface area contributed by atoms with Gasteiger partial charge < -0.3 is 48.6 Å². The third-order valence-corrected chi connectivity index (χ3v) is 15.0. The van der Waals surface area contributed by atoms with E-state index >= 15 is 0 Å². The van der Waals surface area contributed by atoms with Crippen molar-refractivity contribution in [2.75, 3.05) is 35.0 Å². The summed E-state index contributed by atoms with van der Waals surface area (Å²) < 4.78 is 35.6. The quantitative estimate of drug-likeness (QED) is 0.124. The summed E-state index contributed by atoms with van der Waals surface area (Å²) in [5, 5.41) is 35.8. The molecule has 3 aliphatic heterocycles. The molecule has 0 spiro atoms. The first-order chi connectivity index (χ1) is 31.8. The molecule has 1 aliphatic carbocycles. The number of ketones is 2. The maximum Gasteiger partial charge on any atom is 0.329 e. The number of allylic oxidation sites excluding steroid dienone is 3. The van der Waals surface area contributed by atoms with Gasteiger partial charge in [-0.2, -0.15) is 0 Å². The average Bonchev–Trinajstić information content (AvgIpc) is 3.31. The number of aliphatic hydroxyl groups excluding tert-OH is 1. The zero-order valence-corrected chi connectivity index (χ0v) is 41.6. The molecule has 1 saturated carbocycles. The van der Waals surface area contributed by atoms with Crippen molar-refractivity contribution in [3.05, 3.63) is 59.2 Å². The summed E-state index contributed by atoms with van der Waals surface area (Å²) >= 11 is 0. The van der Waals surface area contributed by atoms with Crippen molar-refractivity contribution in [2.45, 2.75) is 173 Å². The Hall–Kier alpha value is -3.76. The van der Waals surface area contributed by atoms with E-state index in [9.17, 15) is 34.5 Å². The largest absolute Gasteiger partial charge is 0.497 e.